The number of nitrogens with one attached hydrogen (secondary N) is 1. The van der Waals surface area contributed by atoms with E-state index in [2.05, 4.69) is 5.32 Å². The summed E-state index contributed by atoms with van der Waals surface area (Å²) in [6.07, 6.45) is 0. The summed E-state index contributed by atoms with van der Waals surface area (Å²) in [4.78, 5) is 32.7. The van der Waals surface area contributed by atoms with E-state index in [0.29, 0.717) is 18.3 Å². The smallest absolute Gasteiger partial charge is 0.291 e. The molecular formula is C27H29N3O2S. The number of likely N-dealkylation sites (N-methyl/N-ethyl adjacent to an activating group) is 1. The van der Waals surface area contributed by atoms with Crippen molar-refractivity contribution in [1.29, 1.82) is 0 Å². The number of anilines is 1. The molecule has 6 heteroatoms. The molecule has 0 aliphatic carbocycles. The monoisotopic (exact) mass is 459 g/mol. The van der Waals surface area contributed by atoms with Gasteiger partial charge in [-0.25, -0.2) is 4.99 Å². The minimum absolute atomic E-state index is 0.457. The maximum absolute atomic E-state index is 13.4. The minimum atomic E-state index is -0.722. The van der Waals surface area contributed by atoms with Crippen molar-refractivity contribution < 1.29 is 9.59 Å². The number of carbonyl (C=O) groups excluding carboxylic acids is 2. The number of aliphatic imine (C=N–C) groups is 1. The van der Waals surface area contributed by atoms with Crippen LogP contribution in [-0.2, 0) is 9.59 Å². The fraction of sp³-hybridized carbons (Fsp3) is 0.222. The summed E-state index contributed by atoms with van der Waals surface area (Å²) in [7, 11) is 0. The zero-order valence-electron chi connectivity index (χ0n) is 19.2. The van der Waals surface area contributed by atoms with Gasteiger partial charge in [-0.15, -0.1) is 0 Å². The molecule has 0 bridgehead atoms. The van der Waals surface area contributed by atoms with Crippen molar-refractivity contribution in [3.8, 4) is 0 Å². The van der Waals surface area contributed by atoms with Gasteiger partial charge in [-0.2, -0.15) is 0 Å². The lowest BCUT2D eigenvalue weighted by molar-refractivity contribution is -0.144. The van der Waals surface area contributed by atoms with Crippen LogP contribution < -0.4 is 5.32 Å². The zero-order chi connectivity index (χ0) is 23.6. The van der Waals surface area contributed by atoms with Crippen LogP contribution in [0.4, 0.5) is 11.4 Å². The Morgan fingerprint density at radius 2 is 1.45 bits per heavy atom. The molecule has 0 saturated carbocycles. The fourth-order valence-corrected chi connectivity index (χ4v) is 4.32. The molecule has 5 nitrogen and oxygen atoms in total. The Kier molecular flexibility index (Phi) is 8.84. The van der Waals surface area contributed by atoms with Crippen LogP contribution in [0, 0.1) is 6.92 Å². The lowest BCUT2D eigenvalue weighted by Gasteiger charge is -2.22. The number of aryl methyl sites for hydroxylation is 1. The molecule has 3 aromatic rings. The molecule has 3 rings (SSSR count). The van der Waals surface area contributed by atoms with E-state index >= 15 is 0 Å². The Bertz CT molecular complexity index is 1080. The predicted octanol–water partition coefficient (Wildman–Crippen LogP) is 6.01. The van der Waals surface area contributed by atoms with E-state index in [9.17, 15) is 9.59 Å². The normalized spacial score (nSPS) is 12.2. The van der Waals surface area contributed by atoms with Crippen molar-refractivity contribution >= 4 is 40.0 Å². The maximum Gasteiger partial charge on any atom is 0.291 e. The maximum atomic E-state index is 13.4. The standard InChI is InChI=1S/C27H29N3O2S/c1-4-30(5-2)26(32)24(31)25(21-12-8-6-9-13-21)33-27(28-22-14-10-7-11-15-22)29-23-18-16-20(3)17-19-23/h6-19,25H,4-5H2,1-3H3,(H,28,29)/t25-/m0/s1. The molecule has 0 aliphatic heterocycles. The molecule has 1 N–H and O–H groups in total. The summed E-state index contributed by atoms with van der Waals surface area (Å²) in [6.45, 7) is 6.75. The molecule has 3 aromatic carbocycles. The van der Waals surface area contributed by atoms with Gasteiger partial charge in [0.05, 0.1) is 5.69 Å². The lowest BCUT2D eigenvalue weighted by atomic mass is 10.1. The number of carbonyl (C=O) groups is 2. The van der Waals surface area contributed by atoms with E-state index in [1.165, 1.54) is 11.8 Å². The lowest BCUT2D eigenvalue weighted by Crippen LogP contribution is -2.38. The van der Waals surface area contributed by atoms with Crippen LogP contribution in [0.1, 0.15) is 30.2 Å². The van der Waals surface area contributed by atoms with Crippen LogP contribution in [0.2, 0.25) is 0 Å². The number of benzene rings is 3. The van der Waals surface area contributed by atoms with Gasteiger partial charge in [0.15, 0.2) is 5.17 Å². The second-order valence-electron chi connectivity index (χ2n) is 7.49. The summed E-state index contributed by atoms with van der Waals surface area (Å²) in [5.74, 6) is -0.933. The summed E-state index contributed by atoms with van der Waals surface area (Å²) >= 11 is 1.25. The molecule has 0 saturated heterocycles. The number of Topliss-reactive ketones (excluding diaryl/α,β-unsaturated/α-hetero) is 1. The molecule has 0 heterocycles. The van der Waals surface area contributed by atoms with Crippen molar-refractivity contribution in [2.45, 2.75) is 26.0 Å². The minimum Gasteiger partial charge on any atom is -0.337 e. The molecule has 0 fully saturated rings. The number of hydrogen-bond acceptors (Lipinski definition) is 4. The Labute approximate surface area is 199 Å². The van der Waals surface area contributed by atoms with E-state index in [4.69, 9.17) is 4.99 Å². The number of para-hydroxylation sites is 1. The van der Waals surface area contributed by atoms with Gasteiger partial charge < -0.3 is 10.2 Å². The van der Waals surface area contributed by atoms with Gasteiger partial charge in [-0.3, -0.25) is 9.59 Å². The molecule has 33 heavy (non-hydrogen) atoms. The number of amidine groups is 1. The first-order valence-electron chi connectivity index (χ1n) is 11.0. The van der Waals surface area contributed by atoms with E-state index in [0.717, 1.165) is 22.5 Å². The number of hydrogen-bond donors (Lipinski definition) is 1. The average molecular weight is 460 g/mol. The van der Waals surface area contributed by atoms with Crippen molar-refractivity contribution in [3.05, 3.63) is 96.1 Å². The van der Waals surface area contributed by atoms with Crippen LogP contribution >= 0.6 is 11.8 Å². The van der Waals surface area contributed by atoms with Gasteiger partial charge in [-0.1, -0.05) is 78.0 Å². The molecule has 1 atom stereocenters. The van der Waals surface area contributed by atoms with Gasteiger partial charge in [0.1, 0.15) is 5.25 Å². The van der Waals surface area contributed by atoms with Crippen molar-refractivity contribution in [2.24, 2.45) is 4.99 Å². The van der Waals surface area contributed by atoms with Crippen molar-refractivity contribution in [3.63, 3.8) is 0 Å². The number of ketones is 1. The highest BCUT2D eigenvalue weighted by Crippen LogP contribution is 2.33. The molecule has 1 amide bonds. The summed E-state index contributed by atoms with van der Waals surface area (Å²) in [6, 6.07) is 26.9. The molecule has 0 unspecified atom stereocenters. The molecule has 0 radical (unpaired) electrons. The quantitative estimate of drug-likeness (QED) is 0.255. The van der Waals surface area contributed by atoms with Crippen LogP contribution in [0.25, 0.3) is 0 Å². The summed E-state index contributed by atoms with van der Waals surface area (Å²) in [5.41, 5.74) is 3.52. The molecule has 0 aromatic heterocycles. The number of amides is 1. The predicted molar refractivity (Wildman–Crippen MR) is 138 cm³/mol. The van der Waals surface area contributed by atoms with Crippen molar-refractivity contribution in [1.82, 2.24) is 4.90 Å². The summed E-state index contributed by atoms with van der Waals surface area (Å²) < 4.78 is 0. The van der Waals surface area contributed by atoms with E-state index in [1.54, 1.807) is 4.90 Å². The third-order valence-corrected chi connectivity index (χ3v) is 6.26. The second kappa shape index (κ2) is 12.0. The van der Waals surface area contributed by atoms with Crippen LogP contribution in [0.3, 0.4) is 0 Å². The number of thioether (sulfide) groups is 1. The molecule has 0 spiro atoms. The molecular weight excluding hydrogens is 430 g/mol. The first-order chi connectivity index (χ1) is 16.0. The highest BCUT2D eigenvalue weighted by atomic mass is 32.2. The van der Waals surface area contributed by atoms with Crippen molar-refractivity contribution in [2.75, 3.05) is 18.4 Å². The van der Waals surface area contributed by atoms with Crippen LogP contribution in [0.15, 0.2) is 89.9 Å². The molecule has 170 valence electrons. The first kappa shape index (κ1) is 24.3. The number of rotatable bonds is 8. The van der Waals surface area contributed by atoms with Gasteiger partial charge >= 0.3 is 0 Å². The number of nitrogens with zero attached hydrogens (tertiary/aromatic N) is 2. The van der Waals surface area contributed by atoms with Gasteiger partial charge in [0.25, 0.3) is 5.91 Å². The SMILES string of the molecule is CCN(CC)C(=O)C(=O)[C@@H](SC(=Nc1ccc(C)cc1)Nc1ccccc1)c1ccccc1. The first-order valence-corrected chi connectivity index (χ1v) is 11.9. The van der Waals surface area contributed by atoms with Gasteiger partial charge in [0.2, 0.25) is 5.78 Å². The van der Waals surface area contributed by atoms with E-state index in [-0.39, 0.29) is 0 Å². The highest BCUT2D eigenvalue weighted by molar-refractivity contribution is 8.15. The van der Waals surface area contributed by atoms with Crippen LogP contribution in [0.5, 0.6) is 0 Å². The highest BCUT2D eigenvalue weighted by Gasteiger charge is 2.31. The average Bonchev–Trinajstić information content (AvgIpc) is 2.85. The van der Waals surface area contributed by atoms with E-state index in [1.807, 2.05) is 106 Å². The largest absolute Gasteiger partial charge is 0.337 e. The Morgan fingerprint density at radius 3 is 2.03 bits per heavy atom. The van der Waals surface area contributed by atoms with Gasteiger partial charge in [0, 0.05) is 18.8 Å². The third-order valence-electron chi connectivity index (χ3n) is 5.12. The Balaban J connectivity index is 1.99. The third kappa shape index (κ3) is 6.80. The van der Waals surface area contributed by atoms with Gasteiger partial charge in [-0.05, 0) is 50.6 Å². The topological polar surface area (TPSA) is 61.8 Å². The second-order valence-corrected chi connectivity index (χ2v) is 8.59. The van der Waals surface area contributed by atoms with Crippen LogP contribution in [-0.4, -0.2) is 34.8 Å². The fourth-order valence-electron chi connectivity index (χ4n) is 3.26. The Hall–Kier alpha value is -3.38. The summed E-state index contributed by atoms with van der Waals surface area (Å²) in [5, 5.41) is 3.15. The Morgan fingerprint density at radius 1 is 0.879 bits per heavy atom. The zero-order valence-corrected chi connectivity index (χ0v) is 20.0. The molecule has 0 aliphatic rings. The van der Waals surface area contributed by atoms with E-state index < -0.39 is 16.9 Å².